The molecule has 3 aromatic rings. The van der Waals surface area contributed by atoms with Crippen LogP contribution in [0.5, 0.6) is 0 Å². The maximum absolute atomic E-state index is 5.92. The Morgan fingerprint density at radius 2 is 1.73 bits per heavy atom. The van der Waals surface area contributed by atoms with E-state index in [0.29, 0.717) is 5.02 Å². The number of nitrogens with zero attached hydrogens (tertiary/aromatic N) is 3. The van der Waals surface area contributed by atoms with Gasteiger partial charge in [-0.1, -0.05) is 35.9 Å². The van der Waals surface area contributed by atoms with Gasteiger partial charge in [0.15, 0.2) is 5.13 Å². The predicted octanol–water partition coefficient (Wildman–Crippen LogP) is 4.20. The van der Waals surface area contributed by atoms with Crippen molar-refractivity contribution in [2.45, 2.75) is 6.92 Å². The number of thiazole rings is 1. The number of benzene rings is 2. The molecule has 0 radical (unpaired) electrons. The summed E-state index contributed by atoms with van der Waals surface area (Å²) in [7, 11) is 0. The smallest absolute Gasteiger partial charge is 0.211 e. The fourth-order valence-corrected chi connectivity index (χ4v) is 3.06. The topological polar surface area (TPSA) is 102 Å². The molecular formula is C18H17ClN6S. The van der Waals surface area contributed by atoms with Gasteiger partial charge in [0, 0.05) is 21.7 Å². The second-order valence-corrected chi connectivity index (χ2v) is 6.75. The summed E-state index contributed by atoms with van der Waals surface area (Å²) in [6.07, 6.45) is 0. The number of anilines is 2. The molecular weight excluding hydrogens is 368 g/mol. The minimum atomic E-state index is -0.0668. The lowest BCUT2D eigenvalue weighted by Gasteiger charge is -2.04. The minimum absolute atomic E-state index is 0.0668. The lowest BCUT2D eigenvalue weighted by Crippen LogP contribution is -2.22. The van der Waals surface area contributed by atoms with Crippen molar-refractivity contribution in [2.75, 3.05) is 5.32 Å². The van der Waals surface area contributed by atoms with Crippen LogP contribution in [0, 0.1) is 0 Å². The molecule has 0 bridgehead atoms. The van der Waals surface area contributed by atoms with E-state index in [0.717, 1.165) is 33.4 Å². The molecule has 0 spiro atoms. The largest absolute Gasteiger partial charge is 0.369 e. The van der Waals surface area contributed by atoms with Crippen LogP contribution in [-0.2, 0) is 0 Å². The predicted molar refractivity (Wildman–Crippen MR) is 110 cm³/mol. The molecule has 0 unspecified atom stereocenters. The Hall–Kier alpha value is -2.90. The van der Waals surface area contributed by atoms with Gasteiger partial charge < -0.3 is 16.8 Å². The Labute approximate surface area is 160 Å². The van der Waals surface area contributed by atoms with E-state index in [1.54, 1.807) is 11.3 Å². The Kier molecular flexibility index (Phi) is 5.50. The summed E-state index contributed by atoms with van der Waals surface area (Å²) in [5.41, 5.74) is 15.1. The Morgan fingerprint density at radius 3 is 2.38 bits per heavy atom. The quantitative estimate of drug-likeness (QED) is 0.348. The summed E-state index contributed by atoms with van der Waals surface area (Å²) in [6.45, 7) is 1.84. The van der Waals surface area contributed by atoms with E-state index in [-0.39, 0.29) is 5.96 Å². The molecule has 6 nitrogen and oxygen atoms in total. The van der Waals surface area contributed by atoms with Gasteiger partial charge in [0.1, 0.15) is 0 Å². The highest BCUT2D eigenvalue weighted by atomic mass is 35.5. The fraction of sp³-hybridized carbons (Fsp3) is 0.0556. The SMILES string of the molecule is C/C(=N\N=C(N)N)c1ccc(Nc2nc(-c3ccc(Cl)cc3)cs2)cc1. The van der Waals surface area contributed by atoms with Gasteiger partial charge in [-0.05, 0) is 36.8 Å². The molecule has 26 heavy (non-hydrogen) atoms. The van der Waals surface area contributed by atoms with Crippen LogP contribution in [0.4, 0.5) is 10.8 Å². The van der Waals surface area contributed by atoms with Gasteiger partial charge >= 0.3 is 0 Å². The van der Waals surface area contributed by atoms with Crippen molar-refractivity contribution in [1.82, 2.24) is 4.98 Å². The average Bonchev–Trinajstić information content (AvgIpc) is 3.09. The number of halogens is 1. The van der Waals surface area contributed by atoms with Gasteiger partial charge in [-0.25, -0.2) is 4.98 Å². The number of guanidine groups is 1. The lowest BCUT2D eigenvalue weighted by atomic mass is 10.1. The van der Waals surface area contributed by atoms with E-state index in [4.69, 9.17) is 23.1 Å². The zero-order valence-corrected chi connectivity index (χ0v) is 15.6. The van der Waals surface area contributed by atoms with E-state index >= 15 is 0 Å². The number of aromatic nitrogens is 1. The highest BCUT2D eigenvalue weighted by Crippen LogP contribution is 2.28. The third-order valence-electron chi connectivity index (χ3n) is 3.51. The van der Waals surface area contributed by atoms with E-state index in [1.807, 2.05) is 60.8 Å². The first-order chi connectivity index (χ1) is 12.5. The highest BCUT2D eigenvalue weighted by molar-refractivity contribution is 7.14. The van der Waals surface area contributed by atoms with Crippen molar-refractivity contribution in [3.05, 3.63) is 64.5 Å². The van der Waals surface area contributed by atoms with Crippen LogP contribution in [0.2, 0.25) is 5.02 Å². The normalized spacial score (nSPS) is 11.2. The van der Waals surface area contributed by atoms with Crippen LogP contribution < -0.4 is 16.8 Å². The lowest BCUT2D eigenvalue weighted by molar-refractivity contribution is 1.20. The molecule has 0 amide bonds. The van der Waals surface area contributed by atoms with E-state index in [1.165, 1.54) is 0 Å². The molecule has 1 heterocycles. The summed E-state index contributed by atoms with van der Waals surface area (Å²) in [6, 6.07) is 15.4. The third-order valence-corrected chi connectivity index (χ3v) is 4.52. The van der Waals surface area contributed by atoms with Crippen LogP contribution in [0.1, 0.15) is 12.5 Å². The Bertz CT molecular complexity index is 941. The molecule has 1 aromatic heterocycles. The number of hydrogen-bond acceptors (Lipinski definition) is 5. The number of hydrogen-bond donors (Lipinski definition) is 3. The van der Waals surface area contributed by atoms with Crippen molar-refractivity contribution < 1.29 is 0 Å². The maximum Gasteiger partial charge on any atom is 0.211 e. The number of nitrogens with one attached hydrogen (secondary N) is 1. The molecule has 0 atom stereocenters. The van der Waals surface area contributed by atoms with E-state index in [9.17, 15) is 0 Å². The molecule has 0 saturated carbocycles. The van der Waals surface area contributed by atoms with Gasteiger partial charge in [-0.15, -0.1) is 16.4 Å². The molecule has 0 aliphatic carbocycles. The Balaban J connectivity index is 1.71. The third kappa shape index (κ3) is 4.59. The molecule has 0 saturated heterocycles. The first kappa shape index (κ1) is 17.9. The van der Waals surface area contributed by atoms with Gasteiger partial charge in [-0.3, -0.25) is 0 Å². The maximum atomic E-state index is 5.92. The molecule has 132 valence electrons. The minimum Gasteiger partial charge on any atom is -0.369 e. The van der Waals surface area contributed by atoms with Crippen LogP contribution in [0.15, 0.2) is 64.1 Å². The molecule has 0 aliphatic rings. The number of nitrogens with two attached hydrogens (primary N) is 2. The van der Waals surface area contributed by atoms with Crippen molar-refractivity contribution in [1.29, 1.82) is 0 Å². The van der Waals surface area contributed by atoms with E-state index < -0.39 is 0 Å². The highest BCUT2D eigenvalue weighted by Gasteiger charge is 2.05. The van der Waals surface area contributed by atoms with Crippen LogP contribution >= 0.6 is 22.9 Å². The van der Waals surface area contributed by atoms with Crippen LogP contribution in [0.25, 0.3) is 11.3 Å². The summed E-state index contributed by atoms with van der Waals surface area (Å²) >= 11 is 7.46. The van der Waals surface area contributed by atoms with Crippen molar-refractivity contribution in [3.8, 4) is 11.3 Å². The van der Waals surface area contributed by atoms with E-state index in [2.05, 4.69) is 20.5 Å². The van der Waals surface area contributed by atoms with Gasteiger partial charge in [-0.2, -0.15) is 5.10 Å². The summed E-state index contributed by atoms with van der Waals surface area (Å²) in [4.78, 5) is 4.61. The zero-order chi connectivity index (χ0) is 18.5. The molecule has 8 heteroatoms. The average molecular weight is 385 g/mol. The van der Waals surface area contributed by atoms with Crippen molar-refractivity contribution >= 4 is 45.4 Å². The molecule has 3 rings (SSSR count). The second-order valence-electron chi connectivity index (χ2n) is 5.46. The second kappa shape index (κ2) is 7.99. The van der Waals surface area contributed by atoms with Crippen molar-refractivity contribution in [2.24, 2.45) is 21.7 Å². The molecule has 0 aliphatic heterocycles. The first-order valence-corrected chi connectivity index (χ1v) is 8.99. The first-order valence-electron chi connectivity index (χ1n) is 7.73. The van der Waals surface area contributed by atoms with Crippen molar-refractivity contribution in [3.63, 3.8) is 0 Å². The van der Waals surface area contributed by atoms with Crippen LogP contribution in [-0.4, -0.2) is 16.7 Å². The van der Waals surface area contributed by atoms with Gasteiger partial charge in [0.2, 0.25) is 5.96 Å². The van der Waals surface area contributed by atoms with Gasteiger partial charge in [0.25, 0.3) is 0 Å². The summed E-state index contributed by atoms with van der Waals surface area (Å²) in [5.74, 6) is -0.0668. The number of rotatable bonds is 5. The summed E-state index contributed by atoms with van der Waals surface area (Å²) < 4.78 is 0. The molecule has 0 fully saturated rings. The van der Waals surface area contributed by atoms with Gasteiger partial charge in [0.05, 0.1) is 11.4 Å². The summed E-state index contributed by atoms with van der Waals surface area (Å²) in [5, 5.41) is 14.4. The fourth-order valence-electron chi connectivity index (χ4n) is 2.19. The standard InChI is InChI=1S/C18H17ClN6S/c1-11(24-25-17(20)21)12-4-8-15(9-5-12)22-18-23-16(10-26-18)13-2-6-14(19)7-3-13/h2-10H,1H3,(H,22,23)(H4,20,21,25)/b24-11+. The zero-order valence-electron chi connectivity index (χ0n) is 14.0. The monoisotopic (exact) mass is 384 g/mol. The van der Waals surface area contributed by atoms with Crippen LogP contribution in [0.3, 0.4) is 0 Å². The Morgan fingerprint density at radius 1 is 1.04 bits per heavy atom. The molecule has 2 aromatic carbocycles. The molecule has 5 N–H and O–H groups in total.